The van der Waals surface area contributed by atoms with Gasteiger partial charge in [-0.25, -0.2) is 0 Å². The van der Waals surface area contributed by atoms with E-state index >= 15 is 0 Å². The van der Waals surface area contributed by atoms with Crippen LogP contribution < -0.4 is 4.90 Å². The van der Waals surface area contributed by atoms with E-state index in [1.54, 1.807) is 60.7 Å². The maximum Gasteiger partial charge on any atom is 0.143 e. The quantitative estimate of drug-likeness (QED) is 0.172. The number of benzene rings is 9. The van der Waals surface area contributed by atoms with E-state index in [1.807, 2.05) is 66.7 Å². The first-order valence-corrected chi connectivity index (χ1v) is 17.7. The second-order valence-corrected chi connectivity index (χ2v) is 13.1. The van der Waals surface area contributed by atoms with Gasteiger partial charge in [-0.2, -0.15) is 0 Å². The van der Waals surface area contributed by atoms with E-state index < -0.39 is 89.6 Å². The summed E-state index contributed by atoms with van der Waals surface area (Å²) in [6, 6.07) is 29.9. The lowest BCUT2D eigenvalue weighted by Crippen LogP contribution is -2.11. The van der Waals surface area contributed by atoms with Crippen molar-refractivity contribution in [2.45, 2.75) is 0 Å². The van der Waals surface area contributed by atoms with Crippen molar-refractivity contribution in [1.29, 1.82) is 0 Å². The lowest BCUT2D eigenvalue weighted by atomic mass is 9.98. The molecule has 0 fully saturated rings. The van der Waals surface area contributed by atoms with E-state index in [0.29, 0.717) is 33.1 Å². The van der Waals surface area contributed by atoms with Crippen LogP contribution in [0.15, 0.2) is 209 Å². The summed E-state index contributed by atoms with van der Waals surface area (Å²) in [5.41, 5.74) is 0.391. The van der Waals surface area contributed by atoms with Gasteiger partial charge in [-0.3, -0.25) is 0 Å². The van der Waals surface area contributed by atoms with E-state index in [-0.39, 0.29) is 33.4 Å². The van der Waals surface area contributed by atoms with E-state index in [1.165, 1.54) is 0 Å². The molecular formula is C52H33NO2. The Balaban J connectivity index is 1.27. The third-order valence-electron chi connectivity index (χ3n) is 9.96. The number of nitrogens with zero attached hydrogens (tertiary/aromatic N) is 1. The molecule has 55 heavy (non-hydrogen) atoms. The average Bonchev–Trinajstić information content (AvgIpc) is 3.93. The molecule has 2 heterocycles. The Morgan fingerprint density at radius 2 is 0.964 bits per heavy atom. The van der Waals surface area contributed by atoms with Crippen molar-refractivity contribution in [2.75, 3.05) is 4.90 Å². The zero-order chi connectivity index (χ0) is 46.7. The van der Waals surface area contributed by atoms with Crippen LogP contribution in [-0.2, 0) is 0 Å². The van der Waals surface area contributed by atoms with Gasteiger partial charge >= 0.3 is 0 Å². The number of para-hydroxylation sites is 4. The second kappa shape index (κ2) is 12.6. The normalized spacial score (nSPS) is 14.7. The molecule has 0 amide bonds. The zero-order valence-corrected chi connectivity index (χ0v) is 28.9. The topological polar surface area (TPSA) is 29.5 Å². The first-order valence-electron chi connectivity index (χ1n) is 23.7. The lowest BCUT2D eigenvalue weighted by Gasteiger charge is -2.28. The number of rotatable bonds is 6. The van der Waals surface area contributed by atoms with Crippen LogP contribution >= 0.6 is 0 Å². The minimum atomic E-state index is -0.740. The lowest BCUT2D eigenvalue weighted by molar-refractivity contribution is 0.670. The van der Waals surface area contributed by atoms with Gasteiger partial charge in [0.05, 0.1) is 22.1 Å². The van der Waals surface area contributed by atoms with Crippen molar-refractivity contribution < 1.29 is 25.3 Å². The molecule has 0 unspecified atom stereocenters. The Labute approximate surface area is 334 Å². The Kier molecular flexibility index (Phi) is 4.91. The molecule has 0 saturated heterocycles. The van der Waals surface area contributed by atoms with Crippen LogP contribution in [0.2, 0.25) is 0 Å². The van der Waals surface area contributed by atoms with Gasteiger partial charge in [0, 0.05) is 55.0 Å². The van der Waals surface area contributed by atoms with Crippen molar-refractivity contribution in [3.8, 4) is 33.4 Å². The molecule has 0 radical (unpaired) electrons. The fraction of sp³-hybridized carbons (Fsp3) is 0. The highest BCUT2D eigenvalue weighted by Crippen LogP contribution is 2.46. The van der Waals surface area contributed by atoms with E-state index in [9.17, 15) is 13.7 Å². The van der Waals surface area contributed by atoms with Gasteiger partial charge in [-0.05, 0) is 64.4 Å². The Morgan fingerprint density at radius 1 is 0.364 bits per heavy atom. The van der Waals surface area contributed by atoms with Crippen LogP contribution in [0.5, 0.6) is 0 Å². The number of hydrogen-bond acceptors (Lipinski definition) is 3. The number of hydrogen-bond donors (Lipinski definition) is 0. The smallest absolute Gasteiger partial charge is 0.143 e. The highest BCUT2D eigenvalue weighted by molar-refractivity contribution is 6.17. The Hall–Kier alpha value is -7.36. The molecule has 3 heteroatoms. The standard InChI is InChI=1S/C52H33NO2/c1-2-12-34(13-3-1)35-24-29-38(30-25-35)53(39-31-26-37(27-32-39)41-18-10-20-45-43-17-7-9-23-49(43)54-50(41)45)48-22-8-6-16-42(48)44-19-11-21-46-47-33-28-36-14-4-5-15-40(36)51(47)55-52(44)46/h1-33H/i6D,8D,16D,22D,24D,25D,26D,27D,29D,30D,31D,32D. The molecule has 11 rings (SSSR count). The van der Waals surface area contributed by atoms with Gasteiger partial charge in [-0.15, -0.1) is 0 Å². The number of fused-ring (bicyclic) bond motifs is 8. The highest BCUT2D eigenvalue weighted by atomic mass is 16.3. The van der Waals surface area contributed by atoms with Crippen molar-refractivity contribution in [2.24, 2.45) is 0 Å². The van der Waals surface area contributed by atoms with Crippen LogP contribution in [0.25, 0.3) is 88.0 Å². The van der Waals surface area contributed by atoms with Crippen LogP contribution in [0.1, 0.15) is 16.4 Å². The fourth-order valence-electron chi connectivity index (χ4n) is 7.39. The zero-order valence-electron chi connectivity index (χ0n) is 40.9. The molecular weight excluding hydrogens is 671 g/mol. The molecule has 258 valence electrons. The number of anilines is 3. The van der Waals surface area contributed by atoms with E-state index in [4.69, 9.17) is 11.6 Å². The van der Waals surface area contributed by atoms with Crippen LogP contribution in [0.3, 0.4) is 0 Å². The largest absolute Gasteiger partial charge is 0.455 e. The van der Waals surface area contributed by atoms with Crippen molar-refractivity contribution in [3.63, 3.8) is 0 Å². The van der Waals surface area contributed by atoms with Gasteiger partial charge in [0.2, 0.25) is 0 Å². The fourth-order valence-corrected chi connectivity index (χ4v) is 7.39. The van der Waals surface area contributed by atoms with E-state index in [2.05, 4.69) is 0 Å². The summed E-state index contributed by atoms with van der Waals surface area (Å²) < 4.78 is 127. The van der Waals surface area contributed by atoms with Gasteiger partial charge in [0.25, 0.3) is 0 Å². The van der Waals surface area contributed by atoms with Crippen molar-refractivity contribution in [1.82, 2.24) is 0 Å². The van der Waals surface area contributed by atoms with Gasteiger partial charge in [0.15, 0.2) is 0 Å². The summed E-state index contributed by atoms with van der Waals surface area (Å²) in [6.45, 7) is 0. The summed E-state index contributed by atoms with van der Waals surface area (Å²) in [7, 11) is 0. The summed E-state index contributed by atoms with van der Waals surface area (Å²) in [6.07, 6.45) is 0. The predicted octanol–water partition coefficient (Wildman–Crippen LogP) is 15.1. The third-order valence-corrected chi connectivity index (χ3v) is 9.96. The molecule has 2 aromatic heterocycles. The molecule has 0 atom stereocenters. The molecule has 0 aliphatic rings. The van der Waals surface area contributed by atoms with Gasteiger partial charge in [-0.1, -0.05) is 158 Å². The maximum absolute atomic E-state index is 9.78. The maximum atomic E-state index is 9.78. The molecule has 11 aromatic rings. The molecule has 9 aromatic carbocycles. The highest BCUT2D eigenvalue weighted by Gasteiger charge is 2.21. The van der Waals surface area contributed by atoms with Crippen LogP contribution in [0, 0.1) is 0 Å². The summed E-state index contributed by atoms with van der Waals surface area (Å²) in [5, 5.41) is 4.47. The second-order valence-electron chi connectivity index (χ2n) is 13.1. The van der Waals surface area contributed by atoms with Gasteiger partial charge < -0.3 is 13.7 Å². The monoisotopic (exact) mass is 715 g/mol. The molecule has 0 bridgehead atoms. The molecule has 0 spiro atoms. The molecule has 0 saturated carbocycles. The minimum Gasteiger partial charge on any atom is -0.455 e. The number of furan rings is 2. The van der Waals surface area contributed by atoms with Crippen LogP contribution in [0.4, 0.5) is 17.1 Å². The van der Waals surface area contributed by atoms with E-state index in [0.717, 1.165) is 26.4 Å². The summed E-state index contributed by atoms with van der Waals surface area (Å²) >= 11 is 0. The minimum absolute atomic E-state index is 0.0532. The molecule has 3 nitrogen and oxygen atoms in total. The first-order chi connectivity index (χ1) is 32.3. The summed E-state index contributed by atoms with van der Waals surface area (Å²) in [5.74, 6) is 0. The molecule has 0 aliphatic heterocycles. The SMILES string of the molecule is [2H]c1c([2H])c([2H])c(N(c2c([2H])c([2H])c(-c3ccccc3)c([2H])c2[2H])c2c([2H])c([2H])c(-c3cccc4c3oc3ccccc34)c([2H])c2[2H])c(-c2cccc3c2oc2c4ccccc4ccc32)c1[2H]. The predicted molar refractivity (Wildman–Crippen MR) is 229 cm³/mol. The molecule has 0 aliphatic carbocycles. The average molecular weight is 716 g/mol. The third kappa shape index (κ3) is 5.13. The first kappa shape index (κ1) is 21.4. The van der Waals surface area contributed by atoms with Crippen molar-refractivity contribution >= 4 is 71.7 Å². The van der Waals surface area contributed by atoms with Gasteiger partial charge in [0.1, 0.15) is 22.3 Å². The Morgan fingerprint density at radius 3 is 1.76 bits per heavy atom. The molecule has 0 N–H and O–H groups in total. The van der Waals surface area contributed by atoms with Crippen molar-refractivity contribution in [3.05, 3.63) is 200 Å². The van der Waals surface area contributed by atoms with Crippen LogP contribution in [-0.4, -0.2) is 0 Å². The summed E-state index contributed by atoms with van der Waals surface area (Å²) in [4.78, 5) is 0.936. The Bertz CT molecular complexity index is 3860.